The van der Waals surface area contributed by atoms with E-state index in [0.717, 1.165) is 6.07 Å². The van der Waals surface area contributed by atoms with Gasteiger partial charge >= 0.3 is 6.18 Å². The van der Waals surface area contributed by atoms with Crippen LogP contribution in [0, 0.1) is 6.92 Å². The summed E-state index contributed by atoms with van der Waals surface area (Å²) < 4.78 is 36.5. The van der Waals surface area contributed by atoms with Crippen LogP contribution in [0.1, 0.15) is 30.8 Å². The highest BCUT2D eigenvalue weighted by Gasteiger charge is 2.32. The number of aryl methyl sites for hydroxylation is 1. The minimum Gasteiger partial charge on any atom is -0.326 e. The first-order chi connectivity index (χ1) is 6.93. The first-order valence-electron chi connectivity index (χ1n) is 4.68. The van der Waals surface area contributed by atoms with Gasteiger partial charge in [0.2, 0.25) is 0 Å². The Kier molecular flexibility index (Phi) is 5.28. The van der Waals surface area contributed by atoms with Crippen molar-refractivity contribution < 1.29 is 13.2 Å². The van der Waals surface area contributed by atoms with Crippen molar-refractivity contribution in [1.29, 1.82) is 0 Å². The normalized spacial score (nSPS) is 10.6. The van der Waals surface area contributed by atoms with Gasteiger partial charge in [0.25, 0.3) is 0 Å². The highest BCUT2D eigenvalue weighted by atomic mass is 19.4. The zero-order valence-electron chi connectivity index (χ0n) is 9.02. The van der Waals surface area contributed by atoms with Crippen LogP contribution < -0.4 is 5.73 Å². The minimum atomic E-state index is -4.39. The summed E-state index contributed by atoms with van der Waals surface area (Å²) in [6, 6.07) is 2.50. The molecule has 1 rings (SSSR count). The number of nitrogens with two attached hydrogens (primary N) is 1. The van der Waals surface area contributed by atoms with Gasteiger partial charge in [-0.3, -0.25) is 0 Å². The standard InChI is InChI=1S/C8H9F3N2.C2H6/c1-5-2-6(4-12)3-7(13-5)8(9,10)11;1-2/h2-3H,4,12H2,1H3;1-2H3. The Hall–Kier alpha value is -1.10. The predicted molar refractivity (Wildman–Crippen MR) is 53.2 cm³/mol. The molecule has 0 aliphatic carbocycles. The number of rotatable bonds is 1. The Morgan fingerprint density at radius 2 is 1.80 bits per heavy atom. The van der Waals surface area contributed by atoms with Crippen LogP contribution in [0.2, 0.25) is 0 Å². The summed E-state index contributed by atoms with van der Waals surface area (Å²) >= 11 is 0. The topological polar surface area (TPSA) is 38.9 Å². The highest BCUT2D eigenvalue weighted by molar-refractivity contribution is 5.22. The number of pyridine rings is 1. The molecule has 1 aromatic heterocycles. The molecule has 0 bridgehead atoms. The number of nitrogens with zero attached hydrogens (tertiary/aromatic N) is 1. The number of halogens is 3. The van der Waals surface area contributed by atoms with Crippen molar-refractivity contribution in [2.24, 2.45) is 5.73 Å². The fourth-order valence-electron chi connectivity index (χ4n) is 1.00. The SMILES string of the molecule is CC.Cc1cc(CN)cc(C(F)(F)F)n1. The number of hydrogen-bond donors (Lipinski definition) is 1. The average molecular weight is 220 g/mol. The number of hydrogen-bond acceptors (Lipinski definition) is 2. The molecule has 0 aromatic carbocycles. The van der Waals surface area contributed by atoms with Crippen molar-refractivity contribution >= 4 is 0 Å². The molecule has 5 heteroatoms. The lowest BCUT2D eigenvalue weighted by atomic mass is 10.2. The first kappa shape index (κ1) is 13.9. The lowest BCUT2D eigenvalue weighted by Gasteiger charge is -2.08. The second kappa shape index (κ2) is 5.70. The van der Waals surface area contributed by atoms with Crippen molar-refractivity contribution in [3.8, 4) is 0 Å². The molecule has 0 unspecified atom stereocenters. The quantitative estimate of drug-likeness (QED) is 0.790. The molecule has 0 radical (unpaired) electrons. The van der Waals surface area contributed by atoms with Crippen molar-refractivity contribution in [3.05, 3.63) is 29.1 Å². The third-order valence-corrected chi connectivity index (χ3v) is 1.54. The summed E-state index contributed by atoms with van der Waals surface area (Å²) in [7, 11) is 0. The third kappa shape index (κ3) is 4.29. The van der Waals surface area contributed by atoms with E-state index >= 15 is 0 Å². The Balaban J connectivity index is 0.000000921. The molecule has 0 atom stereocenters. The maximum Gasteiger partial charge on any atom is 0.433 e. The number of aromatic nitrogens is 1. The van der Waals surface area contributed by atoms with E-state index in [-0.39, 0.29) is 6.54 Å². The van der Waals surface area contributed by atoms with E-state index in [1.54, 1.807) is 0 Å². The van der Waals surface area contributed by atoms with Gasteiger partial charge in [-0.25, -0.2) is 4.98 Å². The van der Waals surface area contributed by atoms with Crippen LogP contribution in [0.4, 0.5) is 13.2 Å². The van der Waals surface area contributed by atoms with Gasteiger partial charge in [-0.2, -0.15) is 13.2 Å². The highest BCUT2D eigenvalue weighted by Crippen LogP contribution is 2.28. The molecule has 2 N–H and O–H groups in total. The first-order valence-corrected chi connectivity index (χ1v) is 4.68. The Labute approximate surface area is 87.3 Å². The van der Waals surface area contributed by atoms with Gasteiger partial charge in [0, 0.05) is 12.2 Å². The van der Waals surface area contributed by atoms with Crippen LogP contribution >= 0.6 is 0 Å². The van der Waals surface area contributed by atoms with Gasteiger partial charge < -0.3 is 5.73 Å². The Morgan fingerprint density at radius 3 is 2.20 bits per heavy atom. The Bertz CT molecular complexity index is 308. The zero-order chi connectivity index (χ0) is 12.1. The van der Waals surface area contributed by atoms with Crippen molar-refractivity contribution in [2.45, 2.75) is 33.5 Å². The summed E-state index contributed by atoms with van der Waals surface area (Å²) in [6.07, 6.45) is -4.39. The molecule has 0 fully saturated rings. The van der Waals surface area contributed by atoms with Crippen LogP contribution in [-0.4, -0.2) is 4.98 Å². The third-order valence-electron chi connectivity index (χ3n) is 1.54. The van der Waals surface area contributed by atoms with Crippen LogP contribution in [0.15, 0.2) is 12.1 Å². The van der Waals surface area contributed by atoms with Crippen LogP contribution in [-0.2, 0) is 12.7 Å². The van der Waals surface area contributed by atoms with Crippen molar-refractivity contribution in [1.82, 2.24) is 4.98 Å². The van der Waals surface area contributed by atoms with E-state index in [0.29, 0.717) is 11.3 Å². The summed E-state index contributed by atoms with van der Waals surface area (Å²) in [5, 5.41) is 0. The van der Waals surface area contributed by atoms with Crippen LogP contribution in [0.25, 0.3) is 0 Å². The average Bonchev–Trinajstić information content (AvgIpc) is 2.18. The molecule has 1 aromatic rings. The molecule has 0 saturated heterocycles. The second-order valence-corrected chi connectivity index (χ2v) is 2.70. The van der Waals surface area contributed by atoms with Gasteiger partial charge in [0.05, 0.1) is 0 Å². The second-order valence-electron chi connectivity index (χ2n) is 2.70. The zero-order valence-corrected chi connectivity index (χ0v) is 9.02. The molecular weight excluding hydrogens is 205 g/mol. The fraction of sp³-hybridized carbons (Fsp3) is 0.500. The van der Waals surface area contributed by atoms with Gasteiger partial charge in [-0.05, 0) is 24.6 Å². The fourth-order valence-corrected chi connectivity index (χ4v) is 1.00. The van der Waals surface area contributed by atoms with Crippen LogP contribution in [0.5, 0.6) is 0 Å². The van der Waals surface area contributed by atoms with Gasteiger partial charge in [0.15, 0.2) is 0 Å². The molecule has 15 heavy (non-hydrogen) atoms. The lowest BCUT2D eigenvalue weighted by molar-refractivity contribution is -0.141. The molecule has 0 saturated carbocycles. The predicted octanol–water partition coefficient (Wildman–Crippen LogP) is 2.89. The van der Waals surface area contributed by atoms with E-state index in [2.05, 4.69) is 4.98 Å². The van der Waals surface area contributed by atoms with Gasteiger partial charge in [-0.1, -0.05) is 13.8 Å². The minimum absolute atomic E-state index is 0.0897. The monoisotopic (exact) mass is 220 g/mol. The molecule has 0 amide bonds. The molecule has 0 spiro atoms. The number of alkyl halides is 3. The summed E-state index contributed by atoms with van der Waals surface area (Å²) in [5.41, 5.74) is 5.13. The van der Waals surface area contributed by atoms with E-state index in [4.69, 9.17) is 5.73 Å². The van der Waals surface area contributed by atoms with E-state index in [1.165, 1.54) is 13.0 Å². The van der Waals surface area contributed by atoms with E-state index in [1.807, 2.05) is 13.8 Å². The summed E-state index contributed by atoms with van der Waals surface area (Å²) in [5.74, 6) is 0. The van der Waals surface area contributed by atoms with Crippen molar-refractivity contribution in [3.63, 3.8) is 0 Å². The van der Waals surface area contributed by atoms with E-state index < -0.39 is 11.9 Å². The maximum atomic E-state index is 12.2. The maximum absolute atomic E-state index is 12.2. The van der Waals surface area contributed by atoms with E-state index in [9.17, 15) is 13.2 Å². The summed E-state index contributed by atoms with van der Waals surface area (Å²) in [6.45, 7) is 5.60. The molecule has 86 valence electrons. The molecule has 1 heterocycles. The van der Waals surface area contributed by atoms with Gasteiger partial charge in [0.1, 0.15) is 5.69 Å². The lowest BCUT2D eigenvalue weighted by Crippen LogP contribution is -2.10. The van der Waals surface area contributed by atoms with Crippen molar-refractivity contribution in [2.75, 3.05) is 0 Å². The van der Waals surface area contributed by atoms with Crippen LogP contribution in [0.3, 0.4) is 0 Å². The molecule has 2 nitrogen and oxygen atoms in total. The van der Waals surface area contributed by atoms with Gasteiger partial charge in [-0.15, -0.1) is 0 Å². The Morgan fingerprint density at radius 1 is 1.27 bits per heavy atom. The largest absolute Gasteiger partial charge is 0.433 e. The summed E-state index contributed by atoms with van der Waals surface area (Å²) in [4.78, 5) is 3.37. The molecular formula is C10H15F3N2. The smallest absolute Gasteiger partial charge is 0.326 e. The molecule has 0 aliphatic rings. The molecule has 0 aliphatic heterocycles.